The number of piperidine rings is 1. The highest BCUT2D eigenvalue weighted by Gasteiger charge is 2.28. The maximum atomic E-state index is 12.9. The maximum absolute atomic E-state index is 12.9. The Hall–Kier alpha value is -3.37. The smallest absolute Gasteiger partial charge is 0.277 e. The number of nitrogens with one attached hydrogen (secondary N) is 1. The number of sulfonamides is 1. The lowest BCUT2D eigenvalue weighted by atomic mass is 10.0. The Balaban J connectivity index is 1.27. The Bertz CT molecular complexity index is 1300. The van der Waals surface area contributed by atoms with Gasteiger partial charge >= 0.3 is 0 Å². The van der Waals surface area contributed by atoms with Crippen molar-refractivity contribution in [3.8, 4) is 22.8 Å². The standard InChI is InChI=1S/C24H25N3O6S/c1-16-3-2-10-27(15-16)34(29,30)19-7-5-18(6-8-19)25-24(28)20-14-22(33-26-20)17-4-9-21-23(13-17)32-12-11-31-21/h4-9,13-14,16H,2-3,10-12,15H2,1H3,(H,25,28)/t16-/m0/s1. The first kappa shape index (κ1) is 22.4. The van der Waals surface area contributed by atoms with Gasteiger partial charge in [-0.25, -0.2) is 8.42 Å². The average molecular weight is 484 g/mol. The van der Waals surface area contributed by atoms with Crippen LogP contribution in [0.3, 0.4) is 0 Å². The average Bonchev–Trinajstić information content (AvgIpc) is 3.35. The van der Waals surface area contributed by atoms with Crippen LogP contribution in [-0.4, -0.2) is 50.1 Å². The molecular weight excluding hydrogens is 458 g/mol. The molecule has 5 rings (SSSR count). The van der Waals surface area contributed by atoms with E-state index in [2.05, 4.69) is 17.4 Å². The number of hydrogen-bond acceptors (Lipinski definition) is 7. The van der Waals surface area contributed by atoms with E-state index in [0.29, 0.717) is 60.7 Å². The van der Waals surface area contributed by atoms with Gasteiger partial charge in [0.2, 0.25) is 10.0 Å². The van der Waals surface area contributed by atoms with E-state index in [9.17, 15) is 13.2 Å². The van der Waals surface area contributed by atoms with Crippen LogP contribution < -0.4 is 14.8 Å². The first-order chi connectivity index (χ1) is 16.4. The van der Waals surface area contributed by atoms with Crippen LogP contribution >= 0.6 is 0 Å². The molecule has 34 heavy (non-hydrogen) atoms. The first-order valence-corrected chi connectivity index (χ1v) is 12.6. The van der Waals surface area contributed by atoms with Crippen molar-refractivity contribution in [3.05, 3.63) is 54.2 Å². The number of rotatable bonds is 5. The molecule has 1 atom stereocenters. The number of fused-ring (bicyclic) bond motifs is 1. The SMILES string of the molecule is C[C@H]1CCCN(S(=O)(=O)c2ccc(NC(=O)c3cc(-c4ccc5c(c4)OCCO5)on3)cc2)C1. The van der Waals surface area contributed by atoms with Gasteiger partial charge in [0.05, 0.1) is 4.90 Å². The molecule has 1 aromatic heterocycles. The molecule has 10 heteroatoms. The molecule has 0 aliphatic carbocycles. The van der Waals surface area contributed by atoms with E-state index in [-0.39, 0.29) is 10.6 Å². The lowest BCUT2D eigenvalue weighted by Gasteiger charge is -2.30. The Labute approximate surface area is 197 Å². The van der Waals surface area contributed by atoms with Gasteiger partial charge < -0.3 is 19.3 Å². The number of amides is 1. The molecule has 2 aliphatic heterocycles. The molecular formula is C24H25N3O6S. The van der Waals surface area contributed by atoms with Gasteiger partial charge in [-0.2, -0.15) is 4.31 Å². The minimum atomic E-state index is -3.55. The largest absolute Gasteiger partial charge is 0.486 e. The van der Waals surface area contributed by atoms with Crippen molar-refractivity contribution in [2.24, 2.45) is 5.92 Å². The van der Waals surface area contributed by atoms with Crippen LogP contribution in [-0.2, 0) is 10.0 Å². The number of hydrogen-bond donors (Lipinski definition) is 1. The molecule has 0 bridgehead atoms. The molecule has 3 aromatic rings. The second-order valence-corrected chi connectivity index (χ2v) is 10.5. The summed E-state index contributed by atoms with van der Waals surface area (Å²) in [6.07, 6.45) is 1.90. The van der Waals surface area contributed by atoms with E-state index in [1.54, 1.807) is 30.3 Å². The summed E-state index contributed by atoms with van der Waals surface area (Å²) in [4.78, 5) is 12.9. The van der Waals surface area contributed by atoms with Crippen LogP contribution in [0.4, 0.5) is 5.69 Å². The minimum Gasteiger partial charge on any atom is -0.486 e. The number of anilines is 1. The van der Waals surface area contributed by atoms with Crippen LogP contribution in [0.2, 0.25) is 0 Å². The third kappa shape index (κ3) is 4.51. The van der Waals surface area contributed by atoms with Gasteiger partial charge in [-0.1, -0.05) is 12.1 Å². The fraction of sp³-hybridized carbons (Fsp3) is 0.333. The fourth-order valence-electron chi connectivity index (χ4n) is 4.13. The number of nitrogens with zero attached hydrogens (tertiary/aromatic N) is 2. The van der Waals surface area contributed by atoms with Crippen molar-refractivity contribution in [2.45, 2.75) is 24.7 Å². The number of benzene rings is 2. The number of carbonyl (C=O) groups is 1. The summed E-state index contributed by atoms with van der Waals surface area (Å²) in [6.45, 7) is 4.09. The van der Waals surface area contributed by atoms with Gasteiger partial charge in [0.15, 0.2) is 23.0 Å². The van der Waals surface area contributed by atoms with E-state index < -0.39 is 15.9 Å². The zero-order valence-corrected chi connectivity index (χ0v) is 19.5. The third-order valence-corrected chi connectivity index (χ3v) is 7.82. The van der Waals surface area contributed by atoms with Crippen LogP contribution in [0, 0.1) is 5.92 Å². The molecule has 1 fully saturated rings. The Morgan fingerprint density at radius 3 is 2.59 bits per heavy atom. The summed E-state index contributed by atoms with van der Waals surface area (Å²) in [5.41, 5.74) is 1.26. The normalized spacial score (nSPS) is 18.4. The Kier molecular flexibility index (Phi) is 6.01. The highest BCUT2D eigenvalue weighted by Crippen LogP contribution is 2.34. The number of aromatic nitrogens is 1. The highest BCUT2D eigenvalue weighted by molar-refractivity contribution is 7.89. The predicted octanol–water partition coefficient (Wildman–Crippen LogP) is 3.79. The third-order valence-electron chi connectivity index (χ3n) is 5.94. The van der Waals surface area contributed by atoms with Crippen LogP contribution in [0.15, 0.2) is 57.9 Å². The molecule has 0 unspecified atom stereocenters. The monoisotopic (exact) mass is 483 g/mol. The maximum Gasteiger partial charge on any atom is 0.277 e. The van der Waals surface area contributed by atoms with E-state index in [0.717, 1.165) is 12.8 Å². The Morgan fingerprint density at radius 1 is 1.06 bits per heavy atom. The van der Waals surface area contributed by atoms with Crippen molar-refractivity contribution in [3.63, 3.8) is 0 Å². The lowest BCUT2D eigenvalue weighted by molar-refractivity contribution is 0.101. The molecule has 2 aliphatic rings. The summed E-state index contributed by atoms with van der Waals surface area (Å²) in [7, 11) is -3.55. The van der Waals surface area contributed by atoms with E-state index in [1.807, 2.05) is 0 Å². The number of ether oxygens (including phenoxy) is 2. The van der Waals surface area contributed by atoms with Crippen LogP contribution in [0.1, 0.15) is 30.3 Å². The summed E-state index contributed by atoms with van der Waals surface area (Å²) in [5, 5.41) is 6.59. The summed E-state index contributed by atoms with van der Waals surface area (Å²) < 4.78 is 43.8. The zero-order valence-electron chi connectivity index (χ0n) is 18.7. The van der Waals surface area contributed by atoms with E-state index in [4.69, 9.17) is 14.0 Å². The molecule has 1 saturated heterocycles. The summed E-state index contributed by atoms with van der Waals surface area (Å²) >= 11 is 0. The molecule has 1 N–H and O–H groups in total. The van der Waals surface area contributed by atoms with E-state index >= 15 is 0 Å². The molecule has 2 aromatic carbocycles. The predicted molar refractivity (Wildman–Crippen MR) is 124 cm³/mol. The minimum absolute atomic E-state index is 0.101. The van der Waals surface area contributed by atoms with Gasteiger partial charge in [-0.3, -0.25) is 4.79 Å². The molecule has 0 radical (unpaired) electrons. The molecule has 9 nitrogen and oxygen atoms in total. The van der Waals surface area contributed by atoms with Gasteiger partial charge in [0, 0.05) is 30.4 Å². The molecule has 0 saturated carbocycles. The van der Waals surface area contributed by atoms with Crippen molar-refractivity contribution in [1.29, 1.82) is 0 Å². The van der Waals surface area contributed by atoms with Gasteiger partial charge in [0.25, 0.3) is 5.91 Å². The second kappa shape index (κ2) is 9.11. The topological polar surface area (TPSA) is 111 Å². The van der Waals surface area contributed by atoms with Gasteiger partial charge in [-0.05, 0) is 61.2 Å². The quantitative estimate of drug-likeness (QED) is 0.588. The van der Waals surface area contributed by atoms with Crippen molar-refractivity contribution in [1.82, 2.24) is 9.46 Å². The van der Waals surface area contributed by atoms with Crippen molar-refractivity contribution >= 4 is 21.6 Å². The van der Waals surface area contributed by atoms with Crippen LogP contribution in [0.25, 0.3) is 11.3 Å². The summed E-state index contributed by atoms with van der Waals surface area (Å²) in [6, 6.07) is 13.1. The van der Waals surface area contributed by atoms with Gasteiger partial charge in [-0.15, -0.1) is 0 Å². The van der Waals surface area contributed by atoms with Crippen molar-refractivity contribution < 1.29 is 27.2 Å². The lowest BCUT2D eigenvalue weighted by Crippen LogP contribution is -2.39. The van der Waals surface area contributed by atoms with Gasteiger partial charge in [0.1, 0.15) is 13.2 Å². The fourth-order valence-corrected chi connectivity index (χ4v) is 5.73. The highest BCUT2D eigenvalue weighted by atomic mass is 32.2. The zero-order chi connectivity index (χ0) is 23.7. The molecule has 1 amide bonds. The Morgan fingerprint density at radius 2 is 1.82 bits per heavy atom. The molecule has 178 valence electrons. The van der Waals surface area contributed by atoms with E-state index in [1.165, 1.54) is 22.5 Å². The molecule has 3 heterocycles. The number of carbonyl (C=O) groups excluding carboxylic acids is 1. The summed E-state index contributed by atoms with van der Waals surface area (Å²) in [5.74, 6) is 1.57. The molecule has 0 spiro atoms. The van der Waals surface area contributed by atoms with Crippen molar-refractivity contribution in [2.75, 3.05) is 31.6 Å². The first-order valence-electron chi connectivity index (χ1n) is 11.2. The second-order valence-electron chi connectivity index (χ2n) is 8.52. The van der Waals surface area contributed by atoms with Crippen LogP contribution in [0.5, 0.6) is 11.5 Å².